The first-order valence-electron chi connectivity index (χ1n) is 8.67. The number of aromatic hydroxyl groups is 2. The molecule has 148 valence electrons. The highest BCUT2D eigenvalue weighted by Gasteiger charge is 2.25. The van der Waals surface area contributed by atoms with Gasteiger partial charge in [-0.3, -0.25) is 14.4 Å². The van der Waals surface area contributed by atoms with Crippen LogP contribution in [0, 0.1) is 0 Å². The second kappa shape index (κ2) is 9.40. The fourth-order valence-corrected chi connectivity index (χ4v) is 2.69. The lowest BCUT2D eigenvalue weighted by molar-refractivity contribution is -0.130. The molecule has 2 aromatic rings. The van der Waals surface area contributed by atoms with Gasteiger partial charge in [0.25, 0.3) is 0 Å². The monoisotopic (exact) mass is 385 g/mol. The molecular formula is C20H23N3O5. The van der Waals surface area contributed by atoms with E-state index in [1.54, 1.807) is 24.3 Å². The van der Waals surface area contributed by atoms with E-state index < -0.39 is 29.8 Å². The fourth-order valence-electron chi connectivity index (χ4n) is 2.69. The third-order valence-electron chi connectivity index (χ3n) is 4.11. The normalized spacial score (nSPS) is 12.6. The van der Waals surface area contributed by atoms with Gasteiger partial charge < -0.3 is 26.6 Å². The van der Waals surface area contributed by atoms with Crippen molar-refractivity contribution in [3.8, 4) is 11.5 Å². The van der Waals surface area contributed by atoms with Gasteiger partial charge in [0.05, 0.1) is 0 Å². The number of hydrogen-bond donors (Lipinski definition) is 5. The minimum Gasteiger partial charge on any atom is -0.508 e. The summed E-state index contributed by atoms with van der Waals surface area (Å²) in [6.45, 7) is 1.29. The molecule has 2 aromatic carbocycles. The summed E-state index contributed by atoms with van der Waals surface area (Å²) in [6.07, 6.45) is 0.323. The SMILES string of the molecule is CC(=O)N[C@@H](Cc1ccc(O)cc1)C(=O)N[C@@H](Cc1ccc(O)cc1)C(N)=O. The van der Waals surface area contributed by atoms with Crippen molar-refractivity contribution in [2.45, 2.75) is 31.8 Å². The van der Waals surface area contributed by atoms with Crippen LogP contribution in [0.2, 0.25) is 0 Å². The van der Waals surface area contributed by atoms with Gasteiger partial charge in [0.15, 0.2) is 0 Å². The number of rotatable bonds is 8. The standard InChI is InChI=1S/C20H23N3O5/c1-12(24)22-18(11-14-4-8-16(26)9-5-14)20(28)23-17(19(21)27)10-13-2-6-15(25)7-3-13/h2-9,17-18,25-26H,10-11H2,1H3,(H2,21,27)(H,22,24)(H,23,28)/t17-,18-/m0/s1. The minimum absolute atomic E-state index is 0.0861. The first kappa shape index (κ1) is 20.8. The molecule has 6 N–H and O–H groups in total. The molecule has 0 heterocycles. The maximum absolute atomic E-state index is 12.7. The quantitative estimate of drug-likeness (QED) is 0.446. The highest BCUT2D eigenvalue weighted by atomic mass is 16.3. The second-order valence-electron chi connectivity index (χ2n) is 6.46. The van der Waals surface area contributed by atoms with E-state index in [1.165, 1.54) is 31.2 Å². The Balaban J connectivity index is 2.11. The number of benzene rings is 2. The number of primary amides is 1. The summed E-state index contributed by atoms with van der Waals surface area (Å²) in [5, 5.41) is 23.8. The van der Waals surface area contributed by atoms with Crippen LogP contribution in [0.5, 0.6) is 11.5 Å². The van der Waals surface area contributed by atoms with E-state index in [4.69, 9.17) is 5.73 Å². The number of nitrogens with two attached hydrogens (primary N) is 1. The number of nitrogens with one attached hydrogen (secondary N) is 2. The summed E-state index contributed by atoms with van der Waals surface area (Å²) in [6, 6.07) is 10.5. The Kier molecular flexibility index (Phi) is 6.97. The summed E-state index contributed by atoms with van der Waals surface area (Å²) in [4.78, 5) is 36.0. The number of phenols is 2. The lowest BCUT2D eigenvalue weighted by Crippen LogP contribution is -2.54. The van der Waals surface area contributed by atoms with Crippen LogP contribution in [0.1, 0.15) is 18.1 Å². The Hall–Kier alpha value is -3.55. The lowest BCUT2D eigenvalue weighted by atomic mass is 10.0. The van der Waals surface area contributed by atoms with Crippen molar-refractivity contribution in [1.82, 2.24) is 10.6 Å². The van der Waals surface area contributed by atoms with Gasteiger partial charge in [-0.1, -0.05) is 24.3 Å². The summed E-state index contributed by atoms with van der Waals surface area (Å²) in [5.41, 5.74) is 6.84. The Morgan fingerprint density at radius 3 is 1.64 bits per heavy atom. The Bertz CT molecular complexity index is 834. The third-order valence-corrected chi connectivity index (χ3v) is 4.11. The van der Waals surface area contributed by atoms with Crippen molar-refractivity contribution in [2.75, 3.05) is 0 Å². The summed E-state index contributed by atoms with van der Waals surface area (Å²) < 4.78 is 0. The molecule has 0 aliphatic carbocycles. The highest BCUT2D eigenvalue weighted by molar-refractivity contribution is 5.91. The van der Waals surface area contributed by atoms with Crippen molar-refractivity contribution < 1.29 is 24.6 Å². The van der Waals surface area contributed by atoms with Crippen LogP contribution in [-0.2, 0) is 27.2 Å². The van der Waals surface area contributed by atoms with Gasteiger partial charge in [-0.25, -0.2) is 0 Å². The number of carbonyl (C=O) groups is 3. The lowest BCUT2D eigenvalue weighted by Gasteiger charge is -2.22. The van der Waals surface area contributed by atoms with Crippen LogP contribution in [0.25, 0.3) is 0 Å². The van der Waals surface area contributed by atoms with Crippen LogP contribution in [0.3, 0.4) is 0 Å². The minimum atomic E-state index is -0.979. The van der Waals surface area contributed by atoms with E-state index in [2.05, 4.69) is 10.6 Å². The summed E-state index contributed by atoms with van der Waals surface area (Å²) in [7, 11) is 0. The largest absolute Gasteiger partial charge is 0.508 e. The molecule has 8 heteroatoms. The van der Waals surface area contributed by atoms with Crippen LogP contribution in [0.4, 0.5) is 0 Å². The molecule has 3 amide bonds. The van der Waals surface area contributed by atoms with E-state index in [0.29, 0.717) is 5.56 Å². The molecule has 0 spiro atoms. The van der Waals surface area contributed by atoms with Crippen molar-refractivity contribution >= 4 is 17.7 Å². The van der Waals surface area contributed by atoms with E-state index in [1.807, 2.05) is 0 Å². The van der Waals surface area contributed by atoms with Gasteiger partial charge in [-0.05, 0) is 35.4 Å². The number of carbonyl (C=O) groups excluding carboxylic acids is 3. The smallest absolute Gasteiger partial charge is 0.243 e. The predicted molar refractivity (Wildman–Crippen MR) is 102 cm³/mol. The molecule has 2 rings (SSSR count). The van der Waals surface area contributed by atoms with E-state index in [0.717, 1.165) is 5.56 Å². The molecule has 8 nitrogen and oxygen atoms in total. The van der Waals surface area contributed by atoms with Gasteiger partial charge in [0, 0.05) is 19.8 Å². The Morgan fingerprint density at radius 2 is 1.25 bits per heavy atom. The second-order valence-corrected chi connectivity index (χ2v) is 6.46. The van der Waals surface area contributed by atoms with Crippen molar-refractivity contribution in [1.29, 1.82) is 0 Å². The van der Waals surface area contributed by atoms with Gasteiger partial charge in [0.2, 0.25) is 17.7 Å². The van der Waals surface area contributed by atoms with Crippen LogP contribution < -0.4 is 16.4 Å². The molecule has 2 atom stereocenters. The molecular weight excluding hydrogens is 362 g/mol. The molecule has 0 radical (unpaired) electrons. The molecule has 0 aliphatic rings. The highest BCUT2D eigenvalue weighted by Crippen LogP contribution is 2.13. The first-order chi connectivity index (χ1) is 13.2. The molecule has 0 unspecified atom stereocenters. The zero-order chi connectivity index (χ0) is 20.7. The first-order valence-corrected chi connectivity index (χ1v) is 8.67. The van der Waals surface area contributed by atoms with E-state index >= 15 is 0 Å². The molecule has 0 saturated heterocycles. The topological polar surface area (TPSA) is 142 Å². The zero-order valence-corrected chi connectivity index (χ0v) is 15.4. The predicted octanol–water partition coefficient (Wildman–Crippen LogP) is 0.358. The van der Waals surface area contributed by atoms with Gasteiger partial charge in [-0.15, -0.1) is 0 Å². The average Bonchev–Trinajstić information content (AvgIpc) is 2.63. The maximum Gasteiger partial charge on any atom is 0.243 e. The van der Waals surface area contributed by atoms with Crippen LogP contribution >= 0.6 is 0 Å². The van der Waals surface area contributed by atoms with Crippen molar-refractivity contribution in [2.24, 2.45) is 5.73 Å². The Morgan fingerprint density at radius 1 is 0.821 bits per heavy atom. The average molecular weight is 385 g/mol. The number of phenolic OH excluding ortho intramolecular Hbond substituents is 2. The zero-order valence-electron chi connectivity index (χ0n) is 15.4. The molecule has 0 saturated carbocycles. The molecule has 28 heavy (non-hydrogen) atoms. The Labute approximate surface area is 162 Å². The van der Waals surface area contributed by atoms with Gasteiger partial charge in [-0.2, -0.15) is 0 Å². The van der Waals surface area contributed by atoms with Crippen molar-refractivity contribution in [3.63, 3.8) is 0 Å². The molecule has 0 aliphatic heterocycles. The number of hydrogen-bond acceptors (Lipinski definition) is 5. The van der Waals surface area contributed by atoms with Crippen molar-refractivity contribution in [3.05, 3.63) is 59.7 Å². The fraction of sp³-hybridized carbons (Fsp3) is 0.250. The third kappa shape index (κ3) is 6.31. The van der Waals surface area contributed by atoms with Crippen LogP contribution in [-0.4, -0.2) is 40.0 Å². The molecule has 0 aromatic heterocycles. The molecule has 0 fully saturated rings. The van der Waals surface area contributed by atoms with Gasteiger partial charge >= 0.3 is 0 Å². The van der Waals surface area contributed by atoms with E-state index in [-0.39, 0.29) is 24.3 Å². The van der Waals surface area contributed by atoms with Gasteiger partial charge in [0.1, 0.15) is 23.6 Å². The number of amides is 3. The maximum atomic E-state index is 12.7. The summed E-state index contributed by atoms with van der Waals surface area (Å²) >= 11 is 0. The van der Waals surface area contributed by atoms with E-state index in [9.17, 15) is 24.6 Å². The summed E-state index contributed by atoms with van der Waals surface area (Å²) in [5.74, 6) is -1.48. The molecule has 0 bridgehead atoms. The van der Waals surface area contributed by atoms with Crippen LogP contribution in [0.15, 0.2) is 48.5 Å².